The number of nitrogens with one attached hydrogen (secondary N) is 3. The van der Waals surface area contributed by atoms with Gasteiger partial charge in [0.1, 0.15) is 12.4 Å². The van der Waals surface area contributed by atoms with Gasteiger partial charge in [0.2, 0.25) is 0 Å². The van der Waals surface area contributed by atoms with E-state index in [0.717, 1.165) is 16.9 Å². The number of carbonyl (C=O) groups excluding carboxylic acids is 2. The first-order valence-corrected chi connectivity index (χ1v) is 8.89. The van der Waals surface area contributed by atoms with Crippen molar-refractivity contribution in [2.45, 2.75) is 26.8 Å². The van der Waals surface area contributed by atoms with E-state index in [1.807, 2.05) is 39.0 Å². The SMILES string of the molecule is Cc1cccc(C)c1OC[C@@H](C)NC(=O)NCCNC(=O)c1cccnc1. The molecule has 27 heavy (non-hydrogen) atoms. The molecule has 144 valence electrons. The number of aryl methyl sites for hydroxylation is 2. The second-order valence-corrected chi connectivity index (χ2v) is 6.33. The van der Waals surface area contributed by atoms with Gasteiger partial charge in [0.25, 0.3) is 5.91 Å². The fourth-order valence-corrected chi connectivity index (χ4v) is 2.50. The van der Waals surface area contributed by atoms with Gasteiger partial charge >= 0.3 is 6.03 Å². The molecular formula is C20H26N4O3. The lowest BCUT2D eigenvalue weighted by atomic mass is 10.1. The number of hydrogen-bond acceptors (Lipinski definition) is 4. The number of urea groups is 1. The average molecular weight is 370 g/mol. The minimum absolute atomic E-state index is 0.158. The van der Waals surface area contributed by atoms with Crippen LogP contribution in [0.15, 0.2) is 42.7 Å². The number of aromatic nitrogens is 1. The topological polar surface area (TPSA) is 92.4 Å². The van der Waals surface area contributed by atoms with E-state index in [2.05, 4.69) is 20.9 Å². The molecule has 7 nitrogen and oxygen atoms in total. The lowest BCUT2D eigenvalue weighted by Crippen LogP contribution is -2.45. The Kier molecular flexibility index (Phi) is 7.61. The van der Waals surface area contributed by atoms with Crippen molar-refractivity contribution >= 4 is 11.9 Å². The number of pyridine rings is 1. The summed E-state index contributed by atoms with van der Waals surface area (Å²) >= 11 is 0. The number of hydrogen-bond donors (Lipinski definition) is 3. The predicted octanol–water partition coefficient (Wildman–Crippen LogP) is 2.19. The first kappa shape index (κ1) is 20.2. The van der Waals surface area contributed by atoms with Crippen molar-refractivity contribution in [2.75, 3.05) is 19.7 Å². The van der Waals surface area contributed by atoms with Crippen LogP contribution in [0.1, 0.15) is 28.4 Å². The van der Waals surface area contributed by atoms with Gasteiger partial charge in [-0.2, -0.15) is 0 Å². The number of para-hydroxylation sites is 1. The Labute approximate surface area is 159 Å². The molecule has 1 heterocycles. The zero-order valence-corrected chi connectivity index (χ0v) is 15.9. The highest BCUT2D eigenvalue weighted by Crippen LogP contribution is 2.22. The van der Waals surface area contributed by atoms with Crippen LogP contribution in [0, 0.1) is 13.8 Å². The van der Waals surface area contributed by atoms with Gasteiger partial charge in [0, 0.05) is 25.5 Å². The highest BCUT2D eigenvalue weighted by atomic mass is 16.5. The fourth-order valence-electron chi connectivity index (χ4n) is 2.50. The van der Waals surface area contributed by atoms with Crippen molar-refractivity contribution in [3.8, 4) is 5.75 Å². The first-order chi connectivity index (χ1) is 13.0. The van der Waals surface area contributed by atoms with Crippen molar-refractivity contribution in [1.29, 1.82) is 0 Å². The summed E-state index contributed by atoms with van der Waals surface area (Å²) in [6.45, 7) is 6.88. The van der Waals surface area contributed by atoms with E-state index in [-0.39, 0.29) is 18.0 Å². The van der Waals surface area contributed by atoms with Gasteiger partial charge in [-0.1, -0.05) is 18.2 Å². The van der Waals surface area contributed by atoms with Crippen molar-refractivity contribution in [2.24, 2.45) is 0 Å². The third-order valence-electron chi connectivity index (χ3n) is 3.88. The maximum Gasteiger partial charge on any atom is 0.315 e. The van der Waals surface area contributed by atoms with E-state index >= 15 is 0 Å². The predicted molar refractivity (Wildman–Crippen MR) is 104 cm³/mol. The molecule has 0 aliphatic rings. The molecule has 3 amide bonds. The van der Waals surface area contributed by atoms with E-state index in [4.69, 9.17) is 4.74 Å². The van der Waals surface area contributed by atoms with Crippen LogP contribution in [-0.4, -0.2) is 42.7 Å². The highest BCUT2D eigenvalue weighted by Gasteiger charge is 2.10. The van der Waals surface area contributed by atoms with E-state index in [1.54, 1.807) is 18.3 Å². The molecule has 2 aromatic rings. The number of carbonyl (C=O) groups is 2. The molecule has 1 atom stereocenters. The summed E-state index contributed by atoms with van der Waals surface area (Å²) in [5.74, 6) is 0.630. The van der Waals surface area contributed by atoms with E-state index in [9.17, 15) is 9.59 Å². The smallest absolute Gasteiger partial charge is 0.315 e. The molecule has 2 rings (SSSR count). The molecule has 0 radical (unpaired) electrons. The third kappa shape index (κ3) is 6.62. The molecule has 0 unspecified atom stereocenters. The van der Waals surface area contributed by atoms with Crippen molar-refractivity contribution in [3.05, 3.63) is 59.4 Å². The molecule has 1 aromatic heterocycles. The molecule has 0 aliphatic heterocycles. The van der Waals surface area contributed by atoms with E-state index < -0.39 is 0 Å². The maximum atomic E-state index is 11.9. The van der Waals surface area contributed by atoms with Crippen LogP contribution >= 0.6 is 0 Å². The van der Waals surface area contributed by atoms with Crippen LogP contribution in [-0.2, 0) is 0 Å². The molecule has 0 aliphatic carbocycles. The molecular weight excluding hydrogens is 344 g/mol. The number of ether oxygens (including phenoxy) is 1. The Bertz CT molecular complexity index is 745. The molecule has 0 saturated heterocycles. The van der Waals surface area contributed by atoms with Crippen molar-refractivity contribution in [3.63, 3.8) is 0 Å². The molecule has 0 fully saturated rings. The fraction of sp³-hybridized carbons (Fsp3) is 0.350. The van der Waals surface area contributed by atoms with Crippen LogP contribution < -0.4 is 20.7 Å². The molecule has 7 heteroatoms. The maximum absolute atomic E-state index is 11.9. The minimum atomic E-state index is -0.303. The van der Waals surface area contributed by atoms with Gasteiger partial charge in [-0.3, -0.25) is 9.78 Å². The summed E-state index contributed by atoms with van der Waals surface area (Å²) in [6, 6.07) is 8.89. The van der Waals surface area contributed by atoms with Gasteiger partial charge in [0.15, 0.2) is 0 Å². The average Bonchev–Trinajstić information content (AvgIpc) is 2.65. The quantitative estimate of drug-likeness (QED) is 0.621. The monoisotopic (exact) mass is 370 g/mol. The number of benzene rings is 1. The van der Waals surface area contributed by atoms with Gasteiger partial charge in [-0.15, -0.1) is 0 Å². The van der Waals surface area contributed by atoms with Crippen LogP contribution in [0.2, 0.25) is 0 Å². The first-order valence-electron chi connectivity index (χ1n) is 8.89. The van der Waals surface area contributed by atoms with Gasteiger partial charge in [-0.05, 0) is 44.0 Å². The molecule has 0 spiro atoms. The molecule has 0 saturated carbocycles. The van der Waals surface area contributed by atoms with E-state index in [0.29, 0.717) is 25.3 Å². The number of amides is 3. The van der Waals surface area contributed by atoms with Crippen LogP contribution in [0.5, 0.6) is 5.75 Å². The third-order valence-corrected chi connectivity index (χ3v) is 3.88. The lowest BCUT2D eigenvalue weighted by Gasteiger charge is -2.18. The summed E-state index contributed by atoms with van der Waals surface area (Å²) in [6.07, 6.45) is 3.10. The summed E-state index contributed by atoms with van der Waals surface area (Å²) in [4.78, 5) is 27.7. The second kappa shape index (κ2) is 10.2. The van der Waals surface area contributed by atoms with Gasteiger partial charge < -0.3 is 20.7 Å². The highest BCUT2D eigenvalue weighted by molar-refractivity contribution is 5.93. The molecule has 3 N–H and O–H groups in total. The lowest BCUT2D eigenvalue weighted by molar-refractivity contribution is 0.0953. The minimum Gasteiger partial charge on any atom is -0.491 e. The van der Waals surface area contributed by atoms with Crippen LogP contribution in [0.3, 0.4) is 0 Å². The Hall–Kier alpha value is -3.09. The summed E-state index contributed by atoms with van der Waals surface area (Å²) < 4.78 is 5.83. The summed E-state index contributed by atoms with van der Waals surface area (Å²) in [5, 5.41) is 8.24. The zero-order valence-electron chi connectivity index (χ0n) is 15.9. The normalized spacial score (nSPS) is 11.4. The Morgan fingerprint density at radius 2 is 1.78 bits per heavy atom. The molecule has 1 aromatic carbocycles. The van der Waals surface area contributed by atoms with E-state index in [1.165, 1.54) is 6.20 Å². The number of rotatable bonds is 8. The van der Waals surface area contributed by atoms with Crippen LogP contribution in [0.25, 0.3) is 0 Å². The largest absolute Gasteiger partial charge is 0.491 e. The standard InChI is InChI=1S/C20H26N4O3/c1-14-6-4-7-15(2)18(14)27-13-16(3)24-20(26)23-11-10-22-19(25)17-8-5-9-21-12-17/h4-9,12,16H,10-11,13H2,1-3H3,(H,22,25)(H2,23,24,26)/t16-/m1/s1. The van der Waals surface area contributed by atoms with Gasteiger partial charge in [0.05, 0.1) is 11.6 Å². The summed E-state index contributed by atoms with van der Waals surface area (Å²) in [5.41, 5.74) is 2.62. The molecule has 0 bridgehead atoms. The number of nitrogens with zero attached hydrogens (tertiary/aromatic N) is 1. The van der Waals surface area contributed by atoms with Crippen molar-refractivity contribution in [1.82, 2.24) is 20.9 Å². The van der Waals surface area contributed by atoms with Gasteiger partial charge in [-0.25, -0.2) is 4.79 Å². The van der Waals surface area contributed by atoms with Crippen LogP contribution in [0.4, 0.5) is 4.79 Å². The Morgan fingerprint density at radius 1 is 1.07 bits per heavy atom. The second-order valence-electron chi connectivity index (χ2n) is 6.33. The van der Waals surface area contributed by atoms with Crippen molar-refractivity contribution < 1.29 is 14.3 Å². The Morgan fingerprint density at radius 3 is 2.44 bits per heavy atom. The zero-order chi connectivity index (χ0) is 19.6. The summed E-state index contributed by atoms with van der Waals surface area (Å²) in [7, 11) is 0. The Balaban J connectivity index is 1.64.